The van der Waals surface area contributed by atoms with Gasteiger partial charge >= 0.3 is 0 Å². The first kappa shape index (κ1) is 21.2. The van der Waals surface area contributed by atoms with Gasteiger partial charge in [0.1, 0.15) is 11.6 Å². The third-order valence-electron chi connectivity index (χ3n) is 5.06. The third-order valence-corrected chi connectivity index (χ3v) is 5.54. The van der Waals surface area contributed by atoms with E-state index in [1.165, 1.54) is 0 Å². The molecule has 4 rings (SSSR count). The summed E-state index contributed by atoms with van der Waals surface area (Å²) in [5.41, 5.74) is 3.31. The number of nitrogens with zero attached hydrogens (tertiary/aromatic N) is 2. The minimum atomic E-state index is -0.333. The van der Waals surface area contributed by atoms with E-state index in [1.807, 2.05) is 49.4 Å². The zero-order valence-corrected chi connectivity index (χ0v) is 18.6. The number of nitrogens with one attached hydrogen (secondary N) is 1. The molecule has 0 fully saturated rings. The van der Waals surface area contributed by atoms with Crippen molar-refractivity contribution >= 4 is 40.1 Å². The molecule has 0 aliphatic heterocycles. The molecule has 7 heteroatoms. The van der Waals surface area contributed by atoms with Gasteiger partial charge in [0.2, 0.25) is 0 Å². The number of hydrogen-bond acceptors (Lipinski definition) is 3. The van der Waals surface area contributed by atoms with Crippen LogP contribution in [-0.2, 0) is 6.54 Å². The maximum absolute atomic E-state index is 12.7. The highest BCUT2D eigenvalue weighted by Gasteiger charge is 2.20. The van der Waals surface area contributed by atoms with Crippen LogP contribution in [0.25, 0.3) is 11.0 Å². The lowest BCUT2D eigenvalue weighted by molar-refractivity contribution is 0.0938. The van der Waals surface area contributed by atoms with Gasteiger partial charge in [0.05, 0.1) is 24.2 Å². The number of amides is 1. The van der Waals surface area contributed by atoms with Gasteiger partial charge < -0.3 is 14.6 Å². The second-order valence-corrected chi connectivity index (χ2v) is 8.12. The molecule has 0 saturated heterocycles. The van der Waals surface area contributed by atoms with Crippen molar-refractivity contribution in [3.63, 3.8) is 0 Å². The molecule has 0 bridgehead atoms. The van der Waals surface area contributed by atoms with E-state index in [1.54, 1.807) is 31.4 Å². The SMILES string of the molecule is COc1ccc2nc(C(C)NC(=O)c3ccc(Cl)cc3)n(Cc3cccc(Cl)c3)c2c1. The molecule has 1 atom stereocenters. The number of hydrogen-bond donors (Lipinski definition) is 1. The van der Waals surface area contributed by atoms with Crippen LogP contribution < -0.4 is 10.1 Å². The van der Waals surface area contributed by atoms with E-state index < -0.39 is 0 Å². The van der Waals surface area contributed by atoms with Gasteiger partial charge in [-0.3, -0.25) is 4.79 Å². The molecule has 3 aromatic carbocycles. The molecule has 5 nitrogen and oxygen atoms in total. The number of carbonyl (C=O) groups is 1. The Morgan fingerprint density at radius 3 is 2.55 bits per heavy atom. The molecule has 1 aromatic heterocycles. The van der Waals surface area contributed by atoms with Crippen LogP contribution in [0.3, 0.4) is 0 Å². The molecule has 1 heterocycles. The second-order valence-electron chi connectivity index (χ2n) is 7.24. The van der Waals surface area contributed by atoms with Crippen LogP contribution in [-0.4, -0.2) is 22.6 Å². The van der Waals surface area contributed by atoms with E-state index in [2.05, 4.69) is 9.88 Å². The Bertz CT molecular complexity index is 1240. The lowest BCUT2D eigenvalue weighted by atomic mass is 10.2. The molecule has 1 N–H and O–H groups in total. The Kier molecular flexibility index (Phi) is 6.16. The lowest BCUT2D eigenvalue weighted by Gasteiger charge is -2.17. The van der Waals surface area contributed by atoms with E-state index in [0.29, 0.717) is 22.2 Å². The number of halogens is 2. The molecule has 0 radical (unpaired) electrons. The molecule has 0 spiro atoms. The zero-order chi connectivity index (χ0) is 22.0. The Labute approximate surface area is 190 Å². The molecule has 1 unspecified atom stereocenters. The fourth-order valence-corrected chi connectivity index (χ4v) is 3.85. The molecular formula is C24H21Cl2N3O2. The molecule has 0 saturated carbocycles. The van der Waals surface area contributed by atoms with Crippen molar-refractivity contribution in [3.05, 3.63) is 93.7 Å². The van der Waals surface area contributed by atoms with E-state index in [0.717, 1.165) is 28.2 Å². The van der Waals surface area contributed by atoms with E-state index in [-0.39, 0.29) is 11.9 Å². The van der Waals surface area contributed by atoms with Crippen molar-refractivity contribution in [2.75, 3.05) is 7.11 Å². The summed E-state index contributed by atoms with van der Waals surface area (Å²) in [6.45, 7) is 2.47. The largest absolute Gasteiger partial charge is 0.497 e. The van der Waals surface area contributed by atoms with Crippen LogP contribution in [0, 0.1) is 0 Å². The van der Waals surface area contributed by atoms with Gasteiger partial charge in [-0.1, -0.05) is 35.3 Å². The van der Waals surface area contributed by atoms with Crippen molar-refractivity contribution in [2.45, 2.75) is 19.5 Å². The highest BCUT2D eigenvalue weighted by atomic mass is 35.5. The minimum absolute atomic E-state index is 0.192. The zero-order valence-electron chi connectivity index (χ0n) is 17.1. The van der Waals surface area contributed by atoms with E-state index in [9.17, 15) is 4.79 Å². The monoisotopic (exact) mass is 453 g/mol. The summed E-state index contributed by atoms with van der Waals surface area (Å²) >= 11 is 12.1. The third kappa shape index (κ3) is 4.68. The molecule has 4 aromatic rings. The van der Waals surface area contributed by atoms with Crippen LogP contribution >= 0.6 is 23.2 Å². The maximum Gasteiger partial charge on any atom is 0.251 e. The Morgan fingerprint density at radius 2 is 1.84 bits per heavy atom. The Hall–Kier alpha value is -3.02. The number of imidazole rings is 1. The van der Waals surface area contributed by atoms with Crippen LogP contribution in [0.1, 0.15) is 34.7 Å². The van der Waals surface area contributed by atoms with Crippen molar-refractivity contribution in [1.82, 2.24) is 14.9 Å². The first-order valence-electron chi connectivity index (χ1n) is 9.79. The molecule has 158 valence electrons. The van der Waals surface area contributed by atoms with E-state index in [4.69, 9.17) is 32.9 Å². The summed E-state index contributed by atoms with van der Waals surface area (Å²) in [5.74, 6) is 1.29. The van der Waals surface area contributed by atoms with Gasteiger partial charge in [-0.25, -0.2) is 4.98 Å². The Balaban J connectivity index is 1.71. The van der Waals surface area contributed by atoms with E-state index >= 15 is 0 Å². The van der Waals surface area contributed by atoms with Crippen molar-refractivity contribution < 1.29 is 9.53 Å². The quantitative estimate of drug-likeness (QED) is 0.395. The topological polar surface area (TPSA) is 56.1 Å². The fraction of sp³-hybridized carbons (Fsp3) is 0.167. The van der Waals surface area contributed by atoms with Gasteiger partial charge in [-0.2, -0.15) is 0 Å². The lowest BCUT2D eigenvalue weighted by Crippen LogP contribution is -2.28. The number of fused-ring (bicyclic) bond motifs is 1. The summed E-state index contributed by atoms with van der Waals surface area (Å²) in [5, 5.41) is 4.29. The second kappa shape index (κ2) is 9.00. The number of rotatable bonds is 6. The summed E-state index contributed by atoms with van der Waals surface area (Å²) in [7, 11) is 1.63. The normalized spacial score (nSPS) is 12.0. The molecule has 0 aliphatic rings. The average Bonchev–Trinajstić information content (AvgIpc) is 3.12. The fourth-order valence-electron chi connectivity index (χ4n) is 3.51. The highest BCUT2D eigenvalue weighted by molar-refractivity contribution is 6.30. The molecule has 31 heavy (non-hydrogen) atoms. The number of ether oxygens (including phenoxy) is 1. The van der Waals surface area contributed by atoms with Crippen LogP contribution in [0.15, 0.2) is 66.7 Å². The number of aromatic nitrogens is 2. The molecule has 1 amide bonds. The first-order chi connectivity index (χ1) is 14.9. The van der Waals surface area contributed by atoms with Gasteiger partial charge in [0, 0.05) is 28.2 Å². The van der Waals surface area contributed by atoms with Crippen LogP contribution in [0.5, 0.6) is 5.75 Å². The van der Waals surface area contributed by atoms with Gasteiger partial charge in [-0.15, -0.1) is 0 Å². The smallest absolute Gasteiger partial charge is 0.251 e. The van der Waals surface area contributed by atoms with Crippen molar-refractivity contribution in [2.24, 2.45) is 0 Å². The predicted octanol–water partition coefficient (Wildman–Crippen LogP) is 5.89. The average molecular weight is 454 g/mol. The van der Waals surface area contributed by atoms with Crippen molar-refractivity contribution in [3.8, 4) is 5.75 Å². The van der Waals surface area contributed by atoms with Gasteiger partial charge in [0.15, 0.2) is 0 Å². The summed E-state index contributed by atoms with van der Waals surface area (Å²) < 4.78 is 7.49. The minimum Gasteiger partial charge on any atom is -0.497 e. The van der Waals surface area contributed by atoms with Crippen LogP contribution in [0.2, 0.25) is 10.0 Å². The van der Waals surface area contributed by atoms with Crippen LogP contribution in [0.4, 0.5) is 0 Å². The first-order valence-corrected chi connectivity index (χ1v) is 10.6. The molecule has 0 aliphatic carbocycles. The van der Waals surface area contributed by atoms with Gasteiger partial charge in [0.25, 0.3) is 5.91 Å². The standard InChI is InChI=1S/C24H21Cl2N3O2/c1-15(27-24(30)17-6-8-18(25)9-7-17)23-28-21-11-10-20(31-2)13-22(21)29(23)14-16-4-3-5-19(26)12-16/h3-13,15H,14H2,1-2H3,(H,27,30). The predicted molar refractivity (Wildman–Crippen MR) is 124 cm³/mol. The van der Waals surface area contributed by atoms with Crippen molar-refractivity contribution in [1.29, 1.82) is 0 Å². The van der Waals surface area contributed by atoms with Gasteiger partial charge in [-0.05, 0) is 61.0 Å². The summed E-state index contributed by atoms with van der Waals surface area (Å²) in [6.07, 6.45) is 0. The highest BCUT2D eigenvalue weighted by Crippen LogP contribution is 2.26. The molecular weight excluding hydrogens is 433 g/mol. The number of carbonyl (C=O) groups excluding carboxylic acids is 1. The maximum atomic E-state index is 12.7. The number of benzene rings is 3. The summed E-state index contributed by atoms with van der Waals surface area (Å²) in [4.78, 5) is 17.5. The number of methoxy groups -OCH3 is 1. The Morgan fingerprint density at radius 1 is 1.06 bits per heavy atom. The summed E-state index contributed by atoms with van der Waals surface area (Å²) in [6, 6.07) is 19.9.